The first-order chi connectivity index (χ1) is 12.2. The van der Waals surface area contributed by atoms with Crippen LogP contribution in [0.25, 0.3) is 0 Å². The van der Waals surface area contributed by atoms with E-state index in [-0.39, 0.29) is 11.8 Å². The predicted molar refractivity (Wildman–Crippen MR) is 96.9 cm³/mol. The Balaban J connectivity index is 1.62. The summed E-state index contributed by atoms with van der Waals surface area (Å²) in [6.45, 7) is 2.21. The van der Waals surface area contributed by atoms with Gasteiger partial charge in [-0.15, -0.1) is 0 Å². The number of nitrogens with zero attached hydrogens (tertiary/aromatic N) is 2. The number of nitrogens with one attached hydrogen (secondary N) is 1. The van der Waals surface area contributed by atoms with Gasteiger partial charge in [-0.25, -0.2) is 0 Å². The third-order valence-electron chi connectivity index (χ3n) is 4.60. The van der Waals surface area contributed by atoms with Crippen molar-refractivity contribution >= 4 is 11.8 Å². The minimum absolute atomic E-state index is 0.0377. The maximum Gasteiger partial charge on any atom is 0.245 e. The fraction of sp³-hybridized carbons (Fsp3) is 0.400. The predicted octanol–water partition coefficient (Wildman–Crippen LogP) is 2.23. The van der Waals surface area contributed by atoms with Crippen molar-refractivity contribution in [3.05, 3.63) is 60.4 Å². The first-order valence-electron chi connectivity index (χ1n) is 8.95. The first-order valence-corrected chi connectivity index (χ1v) is 8.95. The second-order valence-electron chi connectivity index (χ2n) is 6.51. The fourth-order valence-corrected chi connectivity index (χ4v) is 3.22. The minimum Gasteiger partial charge on any atom is -0.354 e. The smallest absolute Gasteiger partial charge is 0.245 e. The van der Waals surface area contributed by atoms with Crippen LogP contribution in [0.2, 0.25) is 0 Å². The SMILES string of the molecule is O=C(CCn1cccc1)N[C@@H](Cc1ccccc1)C(=O)N1CCCC1. The maximum absolute atomic E-state index is 12.8. The number of amides is 2. The molecule has 132 valence electrons. The molecule has 5 nitrogen and oxygen atoms in total. The van der Waals surface area contributed by atoms with Crippen LogP contribution in [0.1, 0.15) is 24.8 Å². The summed E-state index contributed by atoms with van der Waals surface area (Å²) in [4.78, 5) is 27.1. The number of carbonyl (C=O) groups is 2. The first kappa shape index (κ1) is 17.3. The second-order valence-corrected chi connectivity index (χ2v) is 6.51. The molecule has 1 N–H and O–H groups in total. The Hall–Kier alpha value is -2.56. The van der Waals surface area contributed by atoms with E-state index in [9.17, 15) is 9.59 Å². The standard InChI is InChI=1S/C20H25N3O2/c24-19(10-15-22-11-4-5-12-22)21-18(16-17-8-2-1-3-9-17)20(25)23-13-6-7-14-23/h1-5,8-9,11-12,18H,6-7,10,13-16H2,(H,21,24)/t18-/m0/s1. The summed E-state index contributed by atoms with van der Waals surface area (Å²) in [6.07, 6.45) is 6.86. The van der Waals surface area contributed by atoms with Crippen LogP contribution < -0.4 is 5.32 Å². The zero-order valence-electron chi connectivity index (χ0n) is 14.4. The Kier molecular flexibility index (Phi) is 5.88. The number of rotatable bonds is 7. The highest BCUT2D eigenvalue weighted by atomic mass is 16.2. The largest absolute Gasteiger partial charge is 0.354 e. The fourth-order valence-electron chi connectivity index (χ4n) is 3.22. The third-order valence-corrected chi connectivity index (χ3v) is 4.60. The summed E-state index contributed by atoms with van der Waals surface area (Å²) in [5, 5.41) is 2.96. The number of aryl methyl sites for hydroxylation is 1. The monoisotopic (exact) mass is 339 g/mol. The molecule has 0 bridgehead atoms. The second kappa shape index (κ2) is 8.51. The Morgan fingerprint density at radius 2 is 1.68 bits per heavy atom. The van der Waals surface area contributed by atoms with Crippen molar-refractivity contribution in [2.75, 3.05) is 13.1 Å². The molecule has 0 saturated carbocycles. The minimum atomic E-state index is -0.488. The van der Waals surface area contributed by atoms with Crippen molar-refractivity contribution in [1.29, 1.82) is 0 Å². The molecular weight excluding hydrogens is 314 g/mol. The maximum atomic E-state index is 12.8. The molecule has 25 heavy (non-hydrogen) atoms. The highest BCUT2D eigenvalue weighted by Gasteiger charge is 2.27. The number of hydrogen-bond acceptors (Lipinski definition) is 2. The van der Waals surface area contributed by atoms with Gasteiger partial charge in [0.25, 0.3) is 0 Å². The number of aromatic nitrogens is 1. The number of benzene rings is 1. The molecule has 1 fully saturated rings. The van der Waals surface area contributed by atoms with E-state index in [2.05, 4.69) is 5.32 Å². The normalized spacial score (nSPS) is 15.1. The van der Waals surface area contributed by atoms with Gasteiger partial charge >= 0.3 is 0 Å². The van der Waals surface area contributed by atoms with Crippen molar-refractivity contribution in [3.8, 4) is 0 Å². The van der Waals surface area contributed by atoms with Crippen molar-refractivity contribution in [2.24, 2.45) is 0 Å². The molecule has 1 aliphatic heterocycles. The van der Waals surface area contributed by atoms with E-state index >= 15 is 0 Å². The number of likely N-dealkylation sites (tertiary alicyclic amines) is 1. The molecule has 0 radical (unpaired) electrons. The lowest BCUT2D eigenvalue weighted by Crippen LogP contribution is -2.49. The topological polar surface area (TPSA) is 54.3 Å². The zero-order valence-corrected chi connectivity index (χ0v) is 14.4. The van der Waals surface area contributed by atoms with E-state index < -0.39 is 6.04 Å². The Labute approximate surface area is 148 Å². The Bertz CT molecular complexity index is 676. The quantitative estimate of drug-likeness (QED) is 0.841. The van der Waals surface area contributed by atoms with Gasteiger partial charge in [-0.05, 0) is 30.5 Å². The van der Waals surface area contributed by atoms with E-state index in [1.54, 1.807) is 0 Å². The summed E-state index contributed by atoms with van der Waals surface area (Å²) in [6, 6.07) is 13.3. The number of carbonyl (C=O) groups excluding carboxylic acids is 2. The van der Waals surface area contributed by atoms with Crippen LogP contribution in [0, 0.1) is 0 Å². The summed E-state index contributed by atoms with van der Waals surface area (Å²) >= 11 is 0. The molecule has 1 saturated heterocycles. The summed E-state index contributed by atoms with van der Waals surface area (Å²) in [7, 11) is 0. The molecule has 1 aromatic heterocycles. The lowest BCUT2D eigenvalue weighted by atomic mass is 10.0. The van der Waals surface area contributed by atoms with Gasteiger partial charge in [0.2, 0.25) is 11.8 Å². The average Bonchev–Trinajstić information content (AvgIpc) is 3.33. The molecule has 0 spiro atoms. The van der Waals surface area contributed by atoms with Gasteiger partial charge in [-0.1, -0.05) is 30.3 Å². The van der Waals surface area contributed by atoms with Crippen LogP contribution in [0.4, 0.5) is 0 Å². The van der Waals surface area contributed by atoms with Crippen LogP contribution in [0.5, 0.6) is 0 Å². The molecule has 1 atom stereocenters. The molecule has 2 amide bonds. The molecule has 3 rings (SSSR count). The van der Waals surface area contributed by atoms with Crippen LogP contribution in [0.3, 0.4) is 0 Å². The molecule has 2 aromatic rings. The van der Waals surface area contributed by atoms with Crippen molar-refractivity contribution in [1.82, 2.24) is 14.8 Å². The summed E-state index contributed by atoms with van der Waals surface area (Å²) in [5.74, 6) is -0.0437. The van der Waals surface area contributed by atoms with Crippen molar-refractivity contribution < 1.29 is 9.59 Å². The van der Waals surface area contributed by atoms with Crippen LogP contribution >= 0.6 is 0 Å². The van der Waals surface area contributed by atoms with Gasteiger partial charge in [-0.2, -0.15) is 0 Å². The van der Waals surface area contributed by atoms with Crippen molar-refractivity contribution in [3.63, 3.8) is 0 Å². The Morgan fingerprint density at radius 1 is 1.00 bits per heavy atom. The van der Waals surface area contributed by atoms with Crippen LogP contribution in [-0.2, 0) is 22.6 Å². The average molecular weight is 339 g/mol. The van der Waals surface area contributed by atoms with Crippen LogP contribution in [0.15, 0.2) is 54.9 Å². The molecule has 2 heterocycles. The molecule has 0 aliphatic carbocycles. The molecule has 0 unspecified atom stereocenters. The summed E-state index contributed by atoms with van der Waals surface area (Å²) in [5.41, 5.74) is 1.06. The highest BCUT2D eigenvalue weighted by Crippen LogP contribution is 2.12. The number of hydrogen-bond donors (Lipinski definition) is 1. The van der Waals surface area contributed by atoms with Gasteiger partial charge in [-0.3, -0.25) is 9.59 Å². The zero-order chi connectivity index (χ0) is 17.5. The molecular formula is C20H25N3O2. The van der Waals surface area contributed by atoms with Gasteiger partial charge in [0.1, 0.15) is 6.04 Å². The lowest BCUT2D eigenvalue weighted by Gasteiger charge is -2.24. The molecule has 1 aromatic carbocycles. The van der Waals surface area contributed by atoms with Gasteiger partial charge in [0.05, 0.1) is 0 Å². The van der Waals surface area contributed by atoms with E-state index in [1.807, 2.05) is 64.3 Å². The van der Waals surface area contributed by atoms with E-state index in [4.69, 9.17) is 0 Å². The molecule has 5 heteroatoms. The van der Waals surface area contributed by atoms with Crippen molar-refractivity contribution in [2.45, 2.75) is 38.3 Å². The van der Waals surface area contributed by atoms with Crippen LogP contribution in [-0.4, -0.2) is 40.4 Å². The van der Waals surface area contributed by atoms with E-state index in [1.165, 1.54) is 0 Å². The van der Waals surface area contributed by atoms with E-state index in [0.29, 0.717) is 19.4 Å². The van der Waals surface area contributed by atoms with Gasteiger partial charge in [0, 0.05) is 44.9 Å². The molecule has 1 aliphatic rings. The summed E-state index contributed by atoms with van der Waals surface area (Å²) < 4.78 is 1.97. The van der Waals surface area contributed by atoms with Gasteiger partial charge < -0.3 is 14.8 Å². The third kappa shape index (κ3) is 4.95. The van der Waals surface area contributed by atoms with Gasteiger partial charge in [0.15, 0.2) is 0 Å². The Morgan fingerprint density at radius 3 is 2.36 bits per heavy atom. The van der Waals surface area contributed by atoms with E-state index in [0.717, 1.165) is 31.5 Å². The lowest BCUT2D eigenvalue weighted by molar-refractivity contribution is -0.135. The highest BCUT2D eigenvalue weighted by molar-refractivity contribution is 5.88.